The SMILES string of the molecule is CCn1c(=O)[nH]c(=O)c2c(Cl)cccc21.O=C(O)/C=C\C(=O)O. The smallest absolute Gasteiger partial charge is 0.328 e. The molecule has 0 spiro atoms. The van der Waals surface area contributed by atoms with E-state index >= 15 is 0 Å². The summed E-state index contributed by atoms with van der Waals surface area (Å²) < 4.78 is 1.47. The molecule has 0 aliphatic rings. The average molecular weight is 341 g/mol. The Morgan fingerprint density at radius 1 is 1.22 bits per heavy atom. The number of hydrogen-bond donors (Lipinski definition) is 3. The number of halogens is 1. The number of rotatable bonds is 3. The number of nitrogens with one attached hydrogen (secondary N) is 1. The summed E-state index contributed by atoms with van der Waals surface area (Å²) in [4.78, 5) is 44.3. The Balaban J connectivity index is 0.000000284. The molecule has 0 bridgehead atoms. The number of aromatic amines is 1. The summed E-state index contributed by atoms with van der Waals surface area (Å²) in [5.74, 6) is -2.51. The van der Waals surface area contributed by atoms with E-state index < -0.39 is 23.2 Å². The Morgan fingerprint density at radius 3 is 2.26 bits per heavy atom. The Morgan fingerprint density at radius 2 is 1.78 bits per heavy atom. The lowest BCUT2D eigenvalue weighted by atomic mass is 10.2. The Hall–Kier alpha value is -2.87. The second-order valence-corrected chi connectivity index (χ2v) is 4.55. The highest BCUT2D eigenvalue weighted by Gasteiger charge is 2.08. The van der Waals surface area contributed by atoms with Crippen molar-refractivity contribution in [3.8, 4) is 0 Å². The summed E-state index contributed by atoms with van der Waals surface area (Å²) in [6.45, 7) is 2.33. The number of fused-ring (bicyclic) bond motifs is 1. The fourth-order valence-electron chi connectivity index (χ4n) is 1.76. The maximum Gasteiger partial charge on any atom is 0.328 e. The van der Waals surface area contributed by atoms with Gasteiger partial charge in [-0.15, -0.1) is 0 Å². The van der Waals surface area contributed by atoms with Crippen molar-refractivity contribution in [1.29, 1.82) is 0 Å². The number of aryl methyl sites for hydroxylation is 1. The molecule has 23 heavy (non-hydrogen) atoms. The summed E-state index contributed by atoms with van der Waals surface area (Å²) in [6.07, 6.45) is 1.12. The standard InChI is InChI=1S/C10H9ClN2O2.C4H4O4/c1-2-13-7-5-3-4-6(11)8(7)9(14)12-10(13)15;5-3(6)1-2-4(7)8/h3-5H,2H2,1H3,(H,12,14,15);1-2H,(H,5,6)(H,7,8)/b;2-1-. The van der Waals surface area contributed by atoms with Gasteiger partial charge in [-0.25, -0.2) is 14.4 Å². The van der Waals surface area contributed by atoms with Crippen molar-refractivity contribution in [2.24, 2.45) is 0 Å². The summed E-state index contributed by atoms with van der Waals surface area (Å²) in [5, 5.41) is 16.3. The number of aromatic nitrogens is 2. The van der Waals surface area contributed by atoms with Gasteiger partial charge in [0.15, 0.2) is 0 Å². The van der Waals surface area contributed by atoms with E-state index in [9.17, 15) is 19.2 Å². The zero-order chi connectivity index (χ0) is 17.6. The molecule has 0 saturated heterocycles. The maximum atomic E-state index is 11.5. The molecule has 1 aromatic carbocycles. The highest BCUT2D eigenvalue weighted by atomic mass is 35.5. The van der Waals surface area contributed by atoms with Crippen molar-refractivity contribution < 1.29 is 19.8 Å². The van der Waals surface area contributed by atoms with E-state index in [0.717, 1.165) is 0 Å². The topological polar surface area (TPSA) is 129 Å². The van der Waals surface area contributed by atoms with Gasteiger partial charge in [-0.2, -0.15) is 0 Å². The minimum Gasteiger partial charge on any atom is -0.478 e. The van der Waals surface area contributed by atoms with Crippen LogP contribution >= 0.6 is 11.6 Å². The van der Waals surface area contributed by atoms with Gasteiger partial charge in [-0.1, -0.05) is 17.7 Å². The molecule has 0 aliphatic heterocycles. The minimum atomic E-state index is -1.26. The van der Waals surface area contributed by atoms with E-state index in [2.05, 4.69) is 4.98 Å². The molecular weight excluding hydrogens is 328 g/mol. The molecule has 0 atom stereocenters. The third-order valence-corrected chi connectivity index (χ3v) is 2.97. The van der Waals surface area contributed by atoms with Gasteiger partial charge < -0.3 is 10.2 Å². The number of carbonyl (C=O) groups is 2. The fraction of sp³-hybridized carbons (Fsp3) is 0.143. The first kappa shape index (κ1) is 18.2. The summed E-state index contributed by atoms with van der Waals surface area (Å²) in [5.41, 5.74) is -0.277. The van der Waals surface area contributed by atoms with Crippen molar-refractivity contribution >= 4 is 34.4 Å². The first-order valence-corrected chi connectivity index (χ1v) is 6.71. The van der Waals surface area contributed by atoms with Gasteiger partial charge in [-0.3, -0.25) is 14.3 Å². The second kappa shape index (κ2) is 7.95. The van der Waals surface area contributed by atoms with Gasteiger partial charge in [-0.05, 0) is 19.1 Å². The van der Waals surface area contributed by atoms with E-state index in [4.69, 9.17) is 21.8 Å². The molecule has 0 radical (unpaired) electrons. The normalized spacial score (nSPS) is 10.3. The van der Waals surface area contributed by atoms with Crippen LogP contribution in [0.3, 0.4) is 0 Å². The van der Waals surface area contributed by atoms with Crippen molar-refractivity contribution in [3.05, 3.63) is 56.2 Å². The van der Waals surface area contributed by atoms with Gasteiger partial charge >= 0.3 is 17.6 Å². The first-order valence-electron chi connectivity index (χ1n) is 6.33. The molecule has 2 rings (SSSR count). The third kappa shape index (κ3) is 4.82. The van der Waals surface area contributed by atoms with Gasteiger partial charge in [0.25, 0.3) is 5.56 Å². The van der Waals surface area contributed by atoms with Crippen LogP contribution in [0.2, 0.25) is 5.02 Å². The predicted molar refractivity (Wildman–Crippen MR) is 83.9 cm³/mol. The minimum absolute atomic E-state index is 0.357. The molecule has 1 aromatic heterocycles. The monoisotopic (exact) mass is 340 g/mol. The van der Waals surface area contributed by atoms with Crippen LogP contribution in [0, 0.1) is 0 Å². The van der Waals surface area contributed by atoms with Crippen molar-refractivity contribution in [2.45, 2.75) is 13.5 Å². The van der Waals surface area contributed by atoms with Gasteiger partial charge in [0, 0.05) is 18.7 Å². The molecule has 0 aliphatic carbocycles. The molecule has 0 saturated carbocycles. The van der Waals surface area contributed by atoms with Gasteiger partial charge in [0.2, 0.25) is 0 Å². The van der Waals surface area contributed by atoms with Gasteiger partial charge in [0.1, 0.15) is 0 Å². The van der Waals surface area contributed by atoms with Gasteiger partial charge in [0.05, 0.1) is 15.9 Å². The van der Waals surface area contributed by atoms with Crippen molar-refractivity contribution in [1.82, 2.24) is 9.55 Å². The van der Waals surface area contributed by atoms with E-state index in [0.29, 0.717) is 34.6 Å². The number of H-pyrrole nitrogens is 1. The van der Waals surface area contributed by atoms with Crippen molar-refractivity contribution in [3.63, 3.8) is 0 Å². The molecule has 9 heteroatoms. The predicted octanol–water partition coefficient (Wildman–Crippen LogP) is 1.07. The van der Waals surface area contributed by atoms with Crippen LogP contribution in [-0.2, 0) is 16.1 Å². The van der Waals surface area contributed by atoms with Crippen LogP contribution in [0.25, 0.3) is 10.9 Å². The Kier molecular flexibility index (Phi) is 6.28. The van der Waals surface area contributed by atoms with E-state index in [-0.39, 0.29) is 0 Å². The average Bonchev–Trinajstić information content (AvgIpc) is 2.46. The van der Waals surface area contributed by atoms with Crippen LogP contribution in [0.15, 0.2) is 39.9 Å². The quantitative estimate of drug-likeness (QED) is 0.717. The molecular formula is C14H13ClN2O6. The van der Waals surface area contributed by atoms with Crippen LogP contribution in [0.5, 0.6) is 0 Å². The number of hydrogen-bond acceptors (Lipinski definition) is 4. The lowest BCUT2D eigenvalue weighted by molar-refractivity contribution is -0.134. The molecule has 0 unspecified atom stereocenters. The molecule has 2 aromatic rings. The fourth-order valence-corrected chi connectivity index (χ4v) is 2.01. The molecule has 0 fully saturated rings. The van der Waals surface area contributed by atoms with E-state index in [1.807, 2.05) is 6.92 Å². The first-order chi connectivity index (χ1) is 10.8. The zero-order valence-corrected chi connectivity index (χ0v) is 12.7. The summed E-state index contributed by atoms with van der Waals surface area (Å²) in [7, 11) is 0. The number of nitrogens with zero attached hydrogens (tertiary/aromatic N) is 1. The highest BCUT2D eigenvalue weighted by Crippen LogP contribution is 2.17. The largest absolute Gasteiger partial charge is 0.478 e. The van der Waals surface area contributed by atoms with E-state index in [1.54, 1.807) is 18.2 Å². The number of benzene rings is 1. The number of carboxylic acids is 2. The van der Waals surface area contributed by atoms with E-state index in [1.165, 1.54) is 4.57 Å². The molecule has 122 valence electrons. The van der Waals surface area contributed by atoms with Crippen molar-refractivity contribution in [2.75, 3.05) is 0 Å². The second-order valence-electron chi connectivity index (χ2n) is 4.15. The molecule has 1 heterocycles. The van der Waals surface area contributed by atoms with Crippen LogP contribution in [-0.4, -0.2) is 31.7 Å². The molecule has 0 amide bonds. The summed E-state index contributed by atoms with van der Waals surface area (Å²) >= 11 is 5.91. The van der Waals surface area contributed by atoms with Crippen LogP contribution in [0.1, 0.15) is 6.92 Å². The Bertz CT molecular complexity index is 865. The zero-order valence-electron chi connectivity index (χ0n) is 11.9. The molecule has 8 nitrogen and oxygen atoms in total. The molecule has 3 N–H and O–H groups in total. The number of aliphatic carboxylic acids is 2. The lowest BCUT2D eigenvalue weighted by Gasteiger charge is -2.06. The maximum absolute atomic E-state index is 11.5. The Labute approximate surface area is 134 Å². The highest BCUT2D eigenvalue weighted by molar-refractivity contribution is 6.35. The summed E-state index contributed by atoms with van der Waals surface area (Å²) in [6, 6.07) is 5.06. The lowest BCUT2D eigenvalue weighted by Crippen LogP contribution is -2.29. The third-order valence-electron chi connectivity index (χ3n) is 2.66. The van der Waals surface area contributed by atoms with Crippen LogP contribution < -0.4 is 11.2 Å². The van der Waals surface area contributed by atoms with Crippen LogP contribution in [0.4, 0.5) is 0 Å². The number of carboxylic acid groups (broad SMARTS) is 2.